The molecule has 5 heteroatoms. The van der Waals surface area contributed by atoms with Crippen LogP contribution in [0.1, 0.15) is 37.4 Å². The third-order valence-electron chi connectivity index (χ3n) is 4.03. The molecule has 0 aromatic heterocycles. The Balaban J connectivity index is 1.76. The van der Waals surface area contributed by atoms with Crippen LogP contribution in [-0.2, 0) is 0 Å². The summed E-state index contributed by atoms with van der Waals surface area (Å²) in [6.07, 6.45) is 0.839. The van der Waals surface area contributed by atoms with Crippen molar-refractivity contribution < 1.29 is 4.74 Å². The number of fused-ring (bicyclic) bond motifs is 1. The van der Waals surface area contributed by atoms with E-state index in [0.29, 0.717) is 10.1 Å². The summed E-state index contributed by atoms with van der Waals surface area (Å²) in [5, 5.41) is 7.92. The molecular weight excluding hydrogens is 340 g/mol. The van der Waals surface area contributed by atoms with Crippen LogP contribution in [0.3, 0.4) is 0 Å². The van der Waals surface area contributed by atoms with Gasteiger partial charge in [-0.2, -0.15) is 0 Å². The van der Waals surface area contributed by atoms with Gasteiger partial charge in [-0.15, -0.1) is 0 Å². The molecule has 126 valence electrons. The van der Waals surface area contributed by atoms with Gasteiger partial charge in [-0.3, -0.25) is 0 Å². The van der Waals surface area contributed by atoms with Gasteiger partial charge in [0.05, 0.1) is 6.04 Å². The number of rotatable bonds is 2. The Hall–Kier alpha value is -1.78. The van der Waals surface area contributed by atoms with Gasteiger partial charge in [0.2, 0.25) is 0 Å². The molecule has 0 bridgehead atoms. The van der Waals surface area contributed by atoms with Crippen molar-refractivity contribution in [1.82, 2.24) is 5.32 Å². The Labute approximate surface area is 153 Å². The summed E-state index contributed by atoms with van der Waals surface area (Å²) in [6.45, 7) is 6.27. The van der Waals surface area contributed by atoms with E-state index in [2.05, 4.69) is 49.6 Å². The number of halogens is 1. The second-order valence-corrected chi connectivity index (χ2v) is 7.61. The topological polar surface area (TPSA) is 33.3 Å². The summed E-state index contributed by atoms with van der Waals surface area (Å²) in [4.78, 5) is 0. The number of hydrogen-bond donors (Lipinski definition) is 2. The highest BCUT2D eigenvalue weighted by Crippen LogP contribution is 2.39. The number of thiocarbonyl (C=S) groups is 1. The van der Waals surface area contributed by atoms with E-state index < -0.39 is 0 Å². The second kappa shape index (κ2) is 6.61. The lowest BCUT2D eigenvalue weighted by Gasteiger charge is -2.38. The minimum absolute atomic E-state index is 0.108. The SMILES string of the molecule is Cc1ccc2c(c1)OC(C)(C)C[C@H]2NC(=S)Nc1ccc(Cl)cc1. The number of nitrogens with one attached hydrogen (secondary N) is 2. The molecule has 2 N–H and O–H groups in total. The van der Waals surface area contributed by atoms with Crippen molar-refractivity contribution in [3.63, 3.8) is 0 Å². The molecular formula is C19H21ClN2OS. The predicted molar refractivity (Wildman–Crippen MR) is 104 cm³/mol. The fraction of sp³-hybridized carbons (Fsp3) is 0.316. The van der Waals surface area contributed by atoms with Gasteiger partial charge in [0.1, 0.15) is 11.4 Å². The van der Waals surface area contributed by atoms with Gasteiger partial charge in [0.15, 0.2) is 5.11 Å². The molecule has 0 saturated heterocycles. The van der Waals surface area contributed by atoms with Gasteiger partial charge in [0, 0.05) is 22.7 Å². The first-order valence-electron chi connectivity index (χ1n) is 7.95. The maximum Gasteiger partial charge on any atom is 0.171 e. The Kier molecular flexibility index (Phi) is 4.70. The molecule has 0 unspecified atom stereocenters. The molecule has 24 heavy (non-hydrogen) atoms. The number of hydrogen-bond acceptors (Lipinski definition) is 2. The summed E-state index contributed by atoms with van der Waals surface area (Å²) >= 11 is 11.4. The van der Waals surface area contributed by atoms with Crippen molar-refractivity contribution in [3.05, 3.63) is 58.6 Å². The van der Waals surface area contributed by atoms with Crippen molar-refractivity contribution in [1.29, 1.82) is 0 Å². The maximum atomic E-state index is 6.13. The van der Waals surface area contributed by atoms with E-state index in [9.17, 15) is 0 Å². The zero-order valence-electron chi connectivity index (χ0n) is 14.0. The highest BCUT2D eigenvalue weighted by Gasteiger charge is 2.34. The zero-order valence-corrected chi connectivity index (χ0v) is 15.6. The highest BCUT2D eigenvalue weighted by atomic mass is 35.5. The van der Waals surface area contributed by atoms with Crippen molar-refractivity contribution in [2.45, 2.75) is 38.8 Å². The molecule has 2 aromatic carbocycles. The Morgan fingerprint density at radius 2 is 1.92 bits per heavy atom. The Bertz CT molecular complexity index is 758. The standard InChI is InChI=1S/C19H21ClN2OS/c1-12-4-9-15-16(11-19(2,3)23-17(15)10-12)22-18(24)21-14-7-5-13(20)6-8-14/h4-10,16H,11H2,1-3H3,(H2,21,22,24)/t16-/m1/s1. The molecule has 0 spiro atoms. The number of anilines is 1. The quantitative estimate of drug-likeness (QED) is 0.718. The summed E-state index contributed by atoms with van der Waals surface area (Å²) < 4.78 is 6.13. The van der Waals surface area contributed by atoms with Crippen LogP contribution in [0.25, 0.3) is 0 Å². The van der Waals surface area contributed by atoms with Crippen LogP contribution in [0.2, 0.25) is 5.02 Å². The van der Waals surface area contributed by atoms with E-state index in [1.807, 2.05) is 24.3 Å². The van der Waals surface area contributed by atoms with Crippen molar-refractivity contribution in [2.75, 3.05) is 5.32 Å². The monoisotopic (exact) mass is 360 g/mol. The fourth-order valence-electron chi connectivity index (χ4n) is 2.95. The fourth-order valence-corrected chi connectivity index (χ4v) is 3.33. The molecule has 0 fully saturated rings. The Morgan fingerprint density at radius 1 is 1.21 bits per heavy atom. The average Bonchev–Trinajstić information content (AvgIpc) is 2.48. The zero-order chi connectivity index (χ0) is 17.3. The van der Waals surface area contributed by atoms with E-state index in [-0.39, 0.29) is 11.6 Å². The summed E-state index contributed by atoms with van der Waals surface area (Å²) in [7, 11) is 0. The van der Waals surface area contributed by atoms with Crippen molar-refractivity contribution in [3.8, 4) is 5.75 Å². The largest absolute Gasteiger partial charge is 0.487 e. The first kappa shape index (κ1) is 17.1. The van der Waals surface area contributed by atoms with E-state index in [0.717, 1.165) is 23.4 Å². The predicted octanol–water partition coefficient (Wildman–Crippen LogP) is 5.24. The second-order valence-electron chi connectivity index (χ2n) is 6.77. The van der Waals surface area contributed by atoms with Gasteiger partial charge in [-0.05, 0) is 68.9 Å². The van der Waals surface area contributed by atoms with Crippen LogP contribution < -0.4 is 15.4 Å². The summed E-state index contributed by atoms with van der Waals surface area (Å²) in [5.41, 5.74) is 2.99. The third-order valence-corrected chi connectivity index (χ3v) is 4.51. The van der Waals surface area contributed by atoms with Gasteiger partial charge >= 0.3 is 0 Å². The molecule has 1 heterocycles. The molecule has 1 atom stereocenters. The molecule has 3 rings (SSSR count). The van der Waals surface area contributed by atoms with Crippen LogP contribution in [-0.4, -0.2) is 10.7 Å². The van der Waals surface area contributed by atoms with Crippen molar-refractivity contribution in [2.24, 2.45) is 0 Å². The number of benzene rings is 2. The molecule has 0 aliphatic carbocycles. The molecule has 1 aliphatic heterocycles. The summed E-state index contributed by atoms with van der Waals surface area (Å²) in [6, 6.07) is 13.9. The van der Waals surface area contributed by atoms with E-state index in [1.54, 1.807) is 0 Å². The number of ether oxygens (including phenoxy) is 1. The average molecular weight is 361 g/mol. The first-order valence-corrected chi connectivity index (χ1v) is 8.74. The van der Waals surface area contributed by atoms with Crippen molar-refractivity contribution >= 4 is 34.6 Å². The highest BCUT2D eigenvalue weighted by molar-refractivity contribution is 7.80. The van der Waals surface area contributed by atoms with Gasteiger partial charge in [-0.25, -0.2) is 0 Å². The lowest BCUT2D eigenvalue weighted by atomic mass is 9.89. The van der Waals surface area contributed by atoms with E-state index in [1.165, 1.54) is 5.56 Å². The molecule has 1 aliphatic rings. The molecule has 0 saturated carbocycles. The normalized spacial score (nSPS) is 18.2. The molecule has 0 radical (unpaired) electrons. The van der Waals surface area contributed by atoms with Gasteiger partial charge in [-0.1, -0.05) is 23.7 Å². The minimum Gasteiger partial charge on any atom is -0.487 e. The van der Waals surface area contributed by atoms with Gasteiger partial charge < -0.3 is 15.4 Å². The van der Waals surface area contributed by atoms with Crippen LogP contribution in [0.4, 0.5) is 5.69 Å². The van der Waals surface area contributed by atoms with E-state index in [4.69, 9.17) is 28.6 Å². The molecule has 0 amide bonds. The van der Waals surface area contributed by atoms with Crippen LogP contribution >= 0.6 is 23.8 Å². The number of aryl methyl sites for hydroxylation is 1. The molecule has 2 aromatic rings. The maximum absolute atomic E-state index is 6.13. The summed E-state index contributed by atoms with van der Waals surface area (Å²) in [5.74, 6) is 0.929. The molecule has 3 nitrogen and oxygen atoms in total. The lowest BCUT2D eigenvalue weighted by Crippen LogP contribution is -2.42. The Morgan fingerprint density at radius 3 is 2.62 bits per heavy atom. The lowest BCUT2D eigenvalue weighted by molar-refractivity contribution is 0.0696. The van der Waals surface area contributed by atoms with Crippen LogP contribution in [0.5, 0.6) is 5.75 Å². The minimum atomic E-state index is -0.242. The van der Waals surface area contributed by atoms with Crippen LogP contribution in [0.15, 0.2) is 42.5 Å². The van der Waals surface area contributed by atoms with E-state index >= 15 is 0 Å². The van der Waals surface area contributed by atoms with Gasteiger partial charge in [0.25, 0.3) is 0 Å². The first-order chi connectivity index (χ1) is 11.3. The third kappa shape index (κ3) is 4.00. The van der Waals surface area contributed by atoms with Crippen LogP contribution in [0, 0.1) is 6.92 Å². The smallest absolute Gasteiger partial charge is 0.171 e.